The summed E-state index contributed by atoms with van der Waals surface area (Å²) < 4.78 is 41.2. The van der Waals surface area contributed by atoms with Gasteiger partial charge in [0.2, 0.25) is 5.91 Å². The van der Waals surface area contributed by atoms with Crippen molar-refractivity contribution < 1.29 is 18.0 Å². The largest absolute Gasteiger partial charge is 0.416 e. The molecule has 3 aromatic rings. The number of nitrogens with zero attached hydrogens (tertiary/aromatic N) is 2. The Labute approximate surface area is 146 Å². The molecule has 0 bridgehead atoms. The first-order valence-corrected chi connectivity index (χ1v) is 7.78. The van der Waals surface area contributed by atoms with E-state index in [2.05, 4.69) is 5.32 Å². The van der Waals surface area contributed by atoms with Crippen LogP contribution in [0, 0.1) is 0 Å². The summed E-state index contributed by atoms with van der Waals surface area (Å²) in [5, 5.41) is 2.65. The van der Waals surface area contributed by atoms with Gasteiger partial charge in [0, 0.05) is 19.8 Å². The molecule has 5 nitrogen and oxygen atoms in total. The van der Waals surface area contributed by atoms with E-state index in [4.69, 9.17) is 0 Å². The normalized spacial score (nSPS) is 11.7. The third-order valence-electron chi connectivity index (χ3n) is 4.17. The van der Waals surface area contributed by atoms with Gasteiger partial charge in [-0.25, -0.2) is 4.79 Å². The van der Waals surface area contributed by atoms with E-state index in [1.165, 1.54) is 21.3 Å². The number of anilines is 1. The van der Waals surface area contributed by atoms with E-state index in [1.807, 2.05) is 0 Å². The Balaban J connectivity index is 1.79. The zero-order valence-corrected chi connectivity index (χ0v) is 14.1. The summed E-state index contributed by atoms with van der Waals surface area (Å²) >= 11 is 0. The van der Waals surface area contributed by atoms with Crippen LogP contribution >= 0.6 is 0 Å². The molecule has 2 aromatic carbocycles. The molecular weight excluding hydrogens is 347 g/mol. The van der Waals surface area contributed by atoms with Crippen LogP contribution in [-0.2, 0) is 31.5 Å². The average Bonchev–Trinajstić information content (AvgIpc) is 2.78. The van der Waals surface area contributed by atoms with Crippen molar-refractivity contribution in [2.24, 2.45) is 14.1 Å². The molecule has 3 rings (SSSR count). The molecule has 1 aromatic heterocycles. The van der Waals surface area contributed by atoms with Gasteiger partial charge in [-0.2, -0.15) is 13.2 Å². The quantitative estimate of drug-likeness (QED) is 0.778. The fourth-order valence-corrected chi connectivity index (χ4v) is 2.83. The lowest BCUT2D eigenvalue weighted by molar-refractivity contribution is -0.137. The van der Waals surface area contributed by atoms with Crippen molar-refractivity contribution in [2.75, 3.05) is 5.32 Å². The van der Waals surface area contributed by atoms with Gasteiger partial charge in [0.15, 0.2) is 0 Å². The van der Waals surface area contributed by atoms with Gasteiger partial charge in [-0.3, -0.25) is 13.9 Å². The minimum Gasteiger partial charge on any atom is -0.326 e. The number of hydrogen-bond acceptors (Lipinski definition) is 2. The number of imidazole rings is 1. The number of carbonyl (C=O) groups is 1. The van der Waals surface area contributed by atoms with Crippen molar-refractivity contribution in [1.82, 2.24) is 9.13 Å². The summed E-state index contributed by atoms with van der Waals surface area (Å²) in [6.07, 6.45) is -4.63. The minimum atomic E-state index is -4.45. The van der Waals surface area contributed by atoms with E-state index in [9.17, 15) is 22.8 Å². The maximum absolute atomic E-state index is 12.7. The molecule has 0 aliphatic heterocycles. The summed E-state index contributed by atoms with van der Waals surface area (Å²) in [6.45, 7) is 0. The SMILES string of the molecule is Cn1c(=O)n(C)c2cc(NC(=O)Cc3cccc(C(F)(F)F)c3)ccc21. The second kappa shape index (κ2) is 6.36. The maximum atomic E-state index is 12.7. The molecule has 0 aliphatic rings. The molecule has 0 aliphatic carbocycles. The number of aryl methyl sites for hydroxylation is 2. The Hall–Kier alpha value is -3.03. The standard InChI is InChI=1S/C18H16F3N3O2/c1-23-14-7-6-13(10-15(14)24(2)17(23)26)22-16(25)9-11-4-3-5-12(8-11)18(19,20)21/h3-8,10H,9H2,1-2H3,(H,22,25). The van der Waals surface area contributed by atoms with E-state index in [1.54, 1.807) is 32.3 Å². The van der Waals surface area contributed by atoms with Gasteiger partial charge in [0.05, 0.1) is 23.0 Å². The Kier molecular flexibility index (Phi) is 4.35. The number of amides is 1. The lowest BCUT2D eigenvalue weighted by atomic mass is 10.1. The van der Waals surface area contributed by atoms with Crippen LogP contribution in [0.5, 0.6) is 0 Å². The lowest BCUT2D eigenvalue weighted by Gasteiger charge is -2.09. The topological polar surface area (TPSA) is 56.0 Å². The number of hydrogen-bond donors (Lipinski definition) is 1. The van der Waals surface area contributed by atoms with Crippen LogP contribution in [0.25, 0.3) is 11.0 Å². The van der Waals surface area contributed by atoms with Gasteiger partial charge in [-0.1, -0.05) is 18.2 Å². The first-order chi connectivity index (χ1) is 12.2. The molecule has 0 spiro atoms. The second-order valence-electron chi connectivity index (χ2n) is 6.03. The van der Waals surface area contributed by atoms with Crippen LogP contribution in [0.1, 0.15) is 11.1 Å². The Morgan fingerprint density at radius 1 is 1.04 bits per heavy atom. The minimum absolute atomic E-state index is 0.185. The summed E-state index contributed by atoms with van der Waals surface area (Å²) in [4.78, 5) is 24.1. The van der Waals surface area contributed by atoms with Crippen LogP contribution in [0.4, 0.5) is 18.9 Å². The lowest BCUT2D eigenvalue weighted by Crippen LogP contribution is -2.19. The van der Waals surface area contributed by atoms with Crippen LogP contribution < -0.4 is 11.0 Å². The van der Waals surface area contributed by atoms with Crippen molar-refractivity contribution in [3.63, 3.8) is 0 Å². The van der Waals surface area contributed by atoms with E-state index in [0.29, 0.717) is 16.7 Å². The number of halogens is 3. The molecule has 0 atom stereocenters. The Morgan fingerprint density at radius 3 is 2.42 bits per heavy atom. The molecule has 1 N–H and O–H groups in total. The molecule has 1 heterocycles. The van der Waals surface area contributed by atoms with Crippen LogP contribution in [-0.4, -0.2) is 15.0 Å². The number of fused-ring (bicyclic) bond motifs is 1. The predicted molar refractivity (Wildman–Crippen MR) is 91.9 cm³/mol. The molecule has 0 saturated carbocycles. The Bertz CT molecular complexity index is 1050. The van der Waals surface area contributed by atoms with E-state index >= 15 is 0 Å². The zero-order chi connectivity index (χ0) is 19.1. The van der Waals surface area contributed by atoms with Gasteiger partial charge in [0.25, 0.3) is 0 Å². The molecular formula is C18H16F3N3O2. The highest BCUT2D eigenvalue weighted by Crippen LogP contribution is 2.29. The predicted octanol–water partition coefficient (Wildman–Crippen LogP) is 3.08. The third-order valence-corrected chi connectivity index (χ3v) is 4.17. The number of nitrogens with one attached hydrogen (secondary N) is 1. The highest BCUT2D eigenvalue weighted by Gasteiger charge is 2.30. The van der Waals surface area contributed by atoms with Crippen LogP contribution in [0.15, 0.2) is 47.3 Å². The van der Waals surface area contributed by atoms with Crippen LogP contribution in [0.3, 0.4) is 0 Å². The number of aromatic nitrogens is 2. The first-order valence-electron chi connectivity index (χ1n) is 7.78. The smallest absolute Gasteiger partial charge is 0.326 e. The molecule has 136 valence electrons. The number of carbonyl (C=O) groups excluding carboxylic acids is 1. The third kappa shape index (κ3) is 3.35. The molecule has 0 fully saturated rings. The fourth-order valence-electron chi connectivity index (χ4n) is 2.83. The van der Waals surface area contributed by atoms with E-state index in [-0.39, 0.29) is 17.7 Å². The van der Waals surface area contributed by atoms with Crippen molar-refractivity contribution >= 4 is 22.6 Å². The zero-order valence-electron chi connectivity index (χ0n) is 14.1. The van der Waals surface area contributed by atoms with E-state index < -0.39 is 17.6 Å². The molecule has 8 heteroatoms. The van der Waals surface area contributed by atoms with Gasteiger partial charge < -0.3 is 5.32 Å². The molecule has 0 saturated heterocycles. The van der Waals surface area contributed by atoms with Crippen molar-refractivity contribution in [3.8, 4) is 0 Å². The molecule has 1 amide bonds. The average molecular weight is 363 g/mol. The van der Waals surface area contributed by atoms with E-state index in [0.717, 1.165) is 12.1 Å². The number of alkyl halides is 3. The first kappa shape index (κ1) is 17.8. The Morgan fingerprint density at radius 2 is 1.73 bits per heavy atom. The highest BCUT2D eigenvalue weighted by molar-refractivity contribution is 5.94. The van der Waals surface area contributed by atoms with Crippen molar-refractivity contribution in [2.45, 2.75) is 12.6 Å². The van der Waals surface area contributed by atoms with Gasteiger partial charge in [0.1, 0.15) is 0 Å². The summed E-state index contributed by atoms with van der Waals surface area (Å²) in [6, 6.07) is 9.67. The second-order valence-corrected chi connectivity index (χ2v) is 6.03. The highest BCUT2D eigenvalue weighted by atomic mass is 19.4. The van der Waals surface area contributed by atoms with Gasteiger partial charge in [-0.05, 0) is 29.8 Å². The molecule has 0 unspecified atom stereocenters. The molecule has 0 radical (unpaired) electrons. The number of benzene rings is 2. The monoisotopic (exact) mass is 363 g/mol. The van der Waals surface area contributed by atoms with Crippen LogP contribution in [0.2, 0.25) is 0 Å². The van der Waals surface area contributed by atoms with Gasteiger partial charge in [-0.15, -0.1) is 0 Å². The van der Waals surface area contributed by atoms with Crippen molar-refractivity contribution in [1.29, 1.82) is 0 Å². The van der Waals surface area contributed by atoms with Crippen molar-refractivity contribution in [3.05, 3.63) is 64.1 Å². The maximum Gasteiger partial charge on any atom is 0.416 e. The molecule has 26 heavy (non-hydrogen) atoms. The summed E-state index contributed by atoms with van der Waals surface area (Å²) in [5.41, 5.74) is 1.12. The summed E-state index contributed by atoms with van der Waals surface area (Å²) in [5.74, 6) is -0.440. The number of rotatable bonds is 3. The summed E-state index contributed by atoms with van der Waals surface area (Å²) in [7, 11) is 3.27. The van der Waals surface area contributed by atoms with Gasteiger partial charge >= 0.3 is 11.9 Å². The fraction of sp³-hybridized carbons (Fsp3) is 0.222.